The predicted molar refractivity (Wildman–Crippen MR) is 147 cm³/mol. The molecule has 0 N–H and O–H groups in total. The van der Waals surface area contributed by atoms with Crippen molar-refractivity contribution in [1.29, 1.82) is 0 Å². The van der Waals surface area contributed by atoms with Crippen LogP contribution in [0, 0.1) is 46.7 Å². The minimum absolute atomic E-state index is 0. The molecule has 0 bridgehead atoms. The first-order chi connectivity index (χ1) is 18.8. The number of carbonyl (C=O) groups excluding carboxylic acids is 1. The van der Waals surface area contributed by atoms with Gasteiger partial charge in [-0.2, -0.15) is 0 Å². The Hall–Kier alpha value is -4.04. The first-order valence-electron chi connectivity index (χ1n) is 11.7. The number of methoxy groups -OCH3 is 3. The Balaban J connectivity index is -0.000000529. The van der Waals surface area contributed by atoms with Gasteiger partial charge in [-0.3, -0.25) is 25.0 Å². The molecule has 0 saturated carbocycles. The molecule has 0 aliphatic carbocycles. The monoisotopic (exact) mass is 667 g/mol. The van der Waals surface area contributed by atoms with Crippen molar-refractivity contribution in [3.05, 3.63) is 78.9 Å². The Labute approximate surface area is 253 Å². The number of carbonyl (C=O) groups is 1. The molecular weight excluding hydrogens is 633 g/mol. The normalized spacial score (nSPS) is 9.41. The number of ketones is 1. The van der Waals surface area contributed by atoms with Crippen molar-refractivity contribution in [2.24, 2.45) is 0 Å². The van der Waals surface area contributed by atoms with Crippen molar-refractivity contribution in [2.75, 3.05) is 34.5 Å². The maximum absolute atomic E-state index is 10.8. The molecule has 0 heterocycles. The van der Waals surface area contributed by atoms with Crippen LogP contribution in [0.25, 0.3) is 4.85 Å². The van der Waals surface area contributed by atoms with Crippen LogP contribution in [0.4, 0.5) is 17.1 Å². The van der Waals surface area contributed by atoms with E-state index in [9.17, 15) is 30.1 Å². The van der Waals surface area contributed by atoms with Crippen LogP contribution in [0.2, 0.25) is 0 Å². The van der Waals surface area contributed by atoms with E-state index < -0.39 is 21.2 Å². The van der Waals surface area contributed by atoms with Gasteiger partial charge in [0, 0.05) is 23.1 Å². The Kier molecular flexibility index (Phi) is 23.0. The van der Waals surface area contributed by atoms with E-state index in [2.05, 4.69) is 4.85 Å². The summed E-state index contributed by atoms with van der Waals surface area (Å²) in [6, 6.07) is 7.92. The number of hydrogen-bond donors (Lipinski definition) is 0. The van der Waals surface area contributed by atoms with E-state index >= 15 is 0 Å². The summed E-state index contributed by atoms with van der Waals surface area (Å²) in [5.41, 5.74) is 1.54. The van der Waals surface area contributed by atoms with Gasteiger partial charge in [-0.1, -0.05) is 25.1 Å². The minimum Gasteiger partial charge on any atom is -0.876 e. The van der Waals surface area contributed by atoms with Crippen LogP contribution < -0.4 is 19.3 Å². The molecule has 0 saturated heterocycles. The van der Waals surface area contributed by atoms with Crippen LogP contribution >= 0.6 is 0 Å². The number of rotatable bonds is 8. The number of benzene rings is 2. The number of nitrogens with zero attached hydrogens (tertiary/aromatic N) is 3. The van der Waals surface area contributed by atoms with E-state index in [-0.39, 0.29) is 49.2 Å². The molecule has 0 fully saturated rings. The zero-order chi connectivity index (χ0) is 31.4. The predicted octanol–water partition coefficient (Wildman–Crippen LogP) is 5.06. The van der Waals surface area contributed by atoms with Crippen LogP contribution in [0.5, 0.6) is 17.2 Å². The molecule has 2 aromatic carbocycles. The van der Waals surface area contributed by atoms with Crippen LogP contribution in [0.1, 0.15) is 38.8 Å². The van der Waals surface area contributed by atoms with Crippen molar-refractivity contribution >= 4 is 22.8 Å². The van der Waals surface area contributed by atoms with Crippen LogP contribution in [-0.2, 0) is 30.0 Å². The fourth-order valence-electron chi connectivity index (χ4n) is 2.84. The second-order valence-electron chi connectivity index (χ2n) is 7.44. The zero-order valence-corrected chi connectivity index (χ0v) is 26.0. The number of aryl methyl sites for hydroxylation is 2. The maximum Gasteiger partial charge on any atom is 2.00 e. The van der Waals surface area contributed by atoms with Crippen molar-refractivity contribution in [3.63, 3.8) is 0 Å². The zero-order valence-electron chi connectivity index (χ0n) is 24.5. The van der Waals surface area contributed by atoms with Crippen molar-refractivity contribution in [1.82, 2.24) is 0 Å². The Morgan fingerprint density at radius 2 is 1.32 bits per heavy atom. The van der Waals surface area contributed by atoms with E-state index in [1.807, 2.05) is 52.0 Å². The largest absolute Gasteiger partial charge is 2.00 e. The third-order valence-corrected chi connectivity index (χ3v) is 4.42. The summed E-state index contributed by atoms with van der Waals surface area (Å²) < 4.78 is 19.3. The molecule has 228 valence electrons. The summed E-state index contributed by atoms with van der Waals surface area (Å²) in [6.45, 7) is 19.1. The summed E-state index contributed by atoms with van der Waals surface area (Å²) in [6.07, 6.45) is 1.06. The summed E-state index contributed by atoms with van der Waals surface area (Å²) >= 11 is 0. The van der Waals surface area contributed by atoms with Gasteiger partial charge in [0.2, 0.25) is 11.4 Å². The average Bonchev–Trinajstić information content (AvgIpc) is 2.88. The molecule has 41 heavy (non-hydrogen) atoms. The molecule has 0 amide bonds. The van der Waals surface area contributed by atoms with Gasteiger partial charge in [0.05, 0.1) is 27.9 Å². The molecule has 14 heteroatoms. The van der Waals surface area contributed by atoms with E-state index in [4.69, 9.17) is 25.5 Å². The van der Waals surface area contributed by atoms with Crippen molar-refractivity contribution < 1.29 is 59.1 Å². The fraction of sp³-hybridized carbons (Fsp3) is 0.407. The van der Waals surface area contributed by atoms with Gasteiger partial charge < -0.3 is 24.1 Å². The van der Waals surface area contributed by atoms with Gasteiger partial charge in [0.15, 0.2) is 11.5 Å². The summed E-state index contributed by atoms with van der Waals surface area (Å²) in [5, 5.41) is 31.6. The van der Waals surface area contributed by atoms with E-state index in [0.29, 0.717) is 0 Å². The Bertz CT molecular complexity index is 1140. The standard InChI is InChI=1S/C9H9N2O7.C9H9N.C5H8O2.C4H10O.Pd/c1-16-7-5(10(12)13)4-6(11(14)15)8(17-2)9(7)18-3;1-7-5-4-6-8(2)9(7)10-3;1-4(6)3-5(2)7;1-3-5-4-2;/h1-3H3;4-6H,1-2H3;3,6H,1-2H3;3-4H2,1-2H3;/q-1;;;;+2/p-1/b;;4-3-;;. The first kappa shape index (κ1) is 41.4. The first-order valence-corrected chi connectivity index (χ1v) is 11.7. The second-order valence-corrected chi connectivity index (χ2v) is 7.44. The van der Waals surface area contributed by atoms with Gasteiger partial charge in [-0.15, -0.1) is 5.76 Å². The minimum atomic E-state index is -0.853. The number of para-hydroxylation sites is 1. The molecule has 0 radical (unpaired) electrons. The summed E-state index contributed by atoms with van der Waals surface area (Å²) in [5.74, 6) is -1.17. The fourth-order valence-corrected chi connectivity index (χ4v) is 2.84. The molecule has 0 spiro atoms. The molecule has 13 nitrogen and oxygen atoms in total. The molecule has 0 atom stereocenters. The molecule has 0 aliphatic rings. The summed E-state index contributed by atoms with van der Waals surface area (Å²) in [7, 11) is 3.53. The number of allylic oxidation sites excluding steroid dienone is 2. The number of nitro groups is 2. The van der Waals surface area contributed by atoms with E-state index in [0.717, 1.165) is 36.1 Å². The topological polar surface area (TPSA) is 168 Å². The third kappa shape index (κ3) is 15.4. The molecule has 2 aromatic rings. The third-order valence-electron chi connectivity index (χ3n) is 4.42. The molecule has 0 aliphatic heterocycles. The van der Waals surface area contributed by atoms with Gasteiger partial charge >= 0.3 is 20.4 Å². The van der Waals surface area contributed by atoms with Crippen LogP contribution in [-0.4, -0.2) is 50.2 Å². The Morgan fingerprint density at radius 1 is 0.927 bits per heavy atom. The number of ether oxygens (including phenoxy) is 4. The van der Waals surface area contributed by atoms with E-state index in [1.54, 1.807) is 0 Å². The van der Waals surface area contributed by atoms with Crippen LogP contribution in [0.15, 0.2) is 30.0 Å². The second kappa shape index (κ2) is 22.7. The van der Waals surface area contributed by atoms with Gasteiger partial charge in [0.1, 0.15) is 17.2 Å². The van der Waals surface area contributed by atoms with E-state index in [1.165, 1.54) is 35.2 Å². The molecule has 0 aromatic heterocycles. The maximum atomic E-state index is 10.8. The SMILES string of the molecule is CC(=O)/C=C(/C)[O-].CCOCC.COc1c([N+](=O)[O-])[c-]c([N+](=O)[O-])c(OC)c1OC.[C-]#[N+]c1c(C)cccc1C.[Pd+2]. The smallest absolute Gasteiger partial charge is 0.876 e. The molecule has 2 rings (SSSR count). The van der Waals surface area contributed by atoms with Gasteiger partial charge in [-0.25, -0.2) is 4.85 Å². The van der Waals surface area contributed by atoms with Gasteiger partial charge in [0.25, 0.3) is 0 Å². The summed E-state index contributed by atoms with van der Waals surface area (Å²) in [4.78, 5) is 33.3. The number of nitro benzene ring substituents is 2. The average molecular weight is 668 g/mol. The molecular formula is C27H35N3O10Pd. The molecule has 0 unspecified atom stereocenters. The van der Waals surface area contributed by atoms with Crippen molar-refractivity contribution in [2.45, 2.75) is 41.5 Å². The van der Waals surface area contributed by atoms with Gasteiger partial charge in [-0.05, 0) is 57.9 Å². The quantitative estimate of drug-likeness (QED) is 0.0926. The van der Waals surface area contributed by atoms with Crippen LogP contribution in [0.3, 0.4) is 0 Å². The number of hydrogen-bond acceptors (Lipinski definition) is 10. The Morgan fingerprint density at radius 3 is 1.49 bits per heavy atom. The van der Waals surface area contributed by atoms with Crippen molar-refractivity contribution in [3.8, 4) is 17.2 Å².